The monoisotopic (exact) mass is 417 g/mol. The van der Waals surface area contributed by atoms with Crippen LogP contribution < -0.4 is 15.5 Å². The van der Waals surface area contributed by atoms with Gasteiger partial charge in [0.05, 0.1) is 0 Å². The maximum Gasteiger partial charge on any atom is 0.262 e. The lowest BCUT2D eigenvalue weighted by atomic mass is 10.1. The van der Waals surface area contributed by atoms with E-state index in [1.54, 1.807) is 25.1 Å². The molecule has 0 aliphatic rings. The smallest absolute Gasteiger partial charge is 0.262 e. The SMILES string of the molecule is Cc1cc(O)ccc1NC(=O)COc1cc(O)c2c(=O)cc(-c3ccccc3)oc2c1. The van der Waals surface area contributed by atoms with E-state index in [0.717, 1.165) is 5.56 Å². The summed E-state index contributed by atoms with van der Waals surface area (Å²) in [6, 6.07) is 17.8. The summed E-state index contributed by atoms with van der Waals surface area (Å²) in [5, 5.41) is 22.5. The molecule has 156 valence electrons. The van der Waals surface area contributed by atoms with E-state index in [-0.39, 0.29) is 40.3 Å². The molecule has 1 amide bonds. The molecule has 7 heteroatoms. The summed E-state index contributed by atoms with van der Waals surface area (Å²) in [6.45, 7) is 1.43. The number of carbonyl (C=O) groups excluding carboxylic acids is 1. The van der Waals surface area contributed by atoms with Crippen LogP contribution in [0.2, 0.25) is 0 Å². The fourth-order valence-electron chi connectivity index (χ4n) is 3.19. The van der Waals surface area contributed by atoms with Gasteiger partial charge in [-0.3, -0.25) is 9.59 Å². The number of anilines is 1. The van der Waals surface area contributed by atoms with Crippen molar-refractivity contribution >= 4 is 22.6 Å². The molecule has 3 N–H and O–H groups in total. The largest absolute Gasteiger partial charge is 0.508 e. The lowest BCUT2D eigenvalue weighted by Crippen LogP contribution is -2.20. The second-order valence-corrected chi connectivity index (χ2v) is 6.99. The molecule has 0 aliphatic heterocycles. The third-order valence-electron chi connectivity index (χ3n) is 4.70. The first-order valence-corrected chi connectivity index (χ1v) is 9.49. The maximum atomic E-state index is 12.5. The Kier molecular flexibility index (Phi) is 5.32. The Morgan fingerprint density at radius 2 is 1.81 bits per heavy atom. The van der Waals surface area contributed by atoms with Crippen LogP contribution in [0.1, 0.15) is 5.56 Å². The van der Waals surface area contributed by atoms with Crippen molar-refractivity contribution in [2.24, 2.45) is 0 Å². The van der Waals surface area contributed by atoms with Crippen LogP contribution in [0.5, 0.6) is 17.2 Å². The van der Waals surface area contributed by atoms with E-state index in [4.69, 9.17) is 9.15 Å². The molecule has 0 bridgehead atoms. The summed E-state index contributed by atoms with van der Waals surface area (Å²) in [7, 11) is 0. The van der Waals surface area contributed by atoms with Crippen molar-refractivity contribution in [2.45, 2.75) is 6.92 Å². The van der Waals surface area contributed by atoms with E-state index in [1.807, 2.05) is 18.2 Å². The van der Waals surface area contributed by atoms with Gasteiger partial charge in [0.2, 0.25) is 0 Å². The minimum absolute atomic E-state index is 0.0381. The van der Waals surface area contributed by atoms with Gasteiger partial charge < -0.3 is 24.7 Å². The second-order valence-electron chi connectivity index (χ2n) is 6.99. The van der Waals surface area contributed by atoms with Crippen molar-refractivity contribution in [3.63, 3.8) is 0 Å². The van der Waals surface area contributed by atoms with Crippen molar-refractivity contribution in [2.75, 3.05) is 11.9 Å². The zero-order valence-corrected chi connectivity index (χ0v) is 16.6. The molecule has 4 aromatic rings. The van der Waals surface area contributed by atoms with Crippen LogP contribution >= 0.6 is 0 Å². The molecular weight excluding hydrogens is 398 g/mol. The molecule has 0 saturated heterocycles. The number of phenols is 2. The number of ether oxygens (including phenoxy) is 1. The zero-order chi connectivity index (χ0) is 22.0. The highest BCUT2D eigenvalue weighted by molar-refractivity contribution is 5.93. The Hall–Kier alpha value is -4.26. The van der Waals surface area contributed by atoms with E-state index in [1.165, 1.54) is 30.3 Å². The molecule has 7 nitrogen and oxygen atoms in total. The number of hydrogen-bond donors (Lipinski definition) is 3. The average molecular weight is 417 g/mol. The average Bonchev–Trinajstić information content (AvgIpc) is 2.74. The number of aromatic hydroxyl groups is 2. The van der Waals surface area contributed by atoms with Crippen molar-refractivity contribution in [1.29, 1.82) is 0 Å². The first-order chi connectivity index (χ1) is 14.9. The standard InChI is InChI=1S/C24H19NO6/c1-14-9-16(26)7-8-18(14)25-23(29)13-30-17-10-19(27)24-20(28)12-21(31-22(24)11-17)15-5-3-2-4-6-15/h2-12,26-27H,13H2,1H3,(H,25,29). The van der Waals surface area contributed by atoms with E-state index < -0.39 is 5.91 Å². The second kappa shape index (κ2) is 8.23. The van der Waals surface area contributed by atoms with Crippen LogP contribution in [-0.2, 0) is 4.79 Å². The molecule has 3 aromatic carbocycles. The van der Waals surface area contributed by atoms with Crippen molar-refractivity contribution in [3.8, 4) is 28.6 Å². The molecule has 1 heterocycles. The van der Waals surface area contributed by atoms with Crippen molar-refractivity contribution < 1.29 is 24.2 Å². The number of rotatable bonds is 5. The van der Waals surface area contributed by atoms with Crippen LogP contribution in [-0.4, -0.2) is 22.7 Å². The Bertz CT molecular complexity index is 1330. The third kappa shape index (κ3) is 4.35. The molecular formula is C24H19NO6. The summed E-state index contributed by atoms with van der Waals surface area (Å²) in [5.41, 5.74) is 1.73. The molecule has 0 spiro atoms. The predicted molar refractivity (Wildman–Crippen MR) is 117 cm³/mol. The minimum Gasteiger partial charge on any atom is -0.508 e. The molecule has 0 radical (unpaired) electrons. The van der Waals surface area contributed by atoms with Crippen LogP contribution in [0, 0.1) is 6.92 Å². The third-order valence-corrected chi connectivity index (χ3v) is 4.70. The van der Waals surface area contributed by atoms with Gasteiger partial charge in [-0.1, -0.05) is 30.3 Å². The number of benzene rings is 3. The van der Waals surface area contributed by atoms with Gasteiger partial charge in [-0.15, -0.1) is 0 Å². The zero-order valence-electron chi connectivity index (χ0n) is 16.6. The molecule has 0 aliphatic carbocycles. The molecule has 0 atom stereocenters. The van der Waals surface area contributed by atoms with Gasteiger partial charge in [0.15, 0.2) is 12.0 Å². The first kappa shape index (κ1) is 20.0. The van der Waals surface area contributed by atoms with Gasteiger partial charge in [-0.2, -0.15) is 0 Å². The van der Waals surface area contributed by atoms with Crippen LogP contribution in [0.25, 0.3) is 22.3 Å². The summed E-state index contributed by atoms with van der Waals surface area (Å²) in [6.07, 6.45) is 0. The molecule has 1 aromatic heterocycles. The summed E-state index contributed by atoms with van der Waals surface area (Å²) < 4.78 is 11.3. The fourth-order valence-corrected chi connectivity index (χ4v) is 3.19. The summed E-state index contributed by atoms with van der Waals surface area (Å²) in [5.74, 6) is -0.0793. The Labute approximate surface area is 177 Å². The topological polar surface area (TPSA) is 109 Å². The van der Waals surface area contributed by atoms with E-state index in [2.05, 4.69) is 5.32 Å². The number of hydrogen-bond acceptors (Lipinski definition) is 6. The van der Waals surface area contributed by atoms with Gasteiger partial charge in [-0.05, 0) is 30.7 Å². The lowest BCUT2D eigenvalue weighted by molar-refractivity contribution is -0.118. The molecule has 0 saturated carbocycles. The van der Waals surface area contributed by atoms with Crippen LogP contribution in [0.4, 0.5) is 5.69 Å². The van der Waals surface area contributed by atoms with Crippen molar-refractivity contribution in [1.82, 2.24) is 0 Å². The van der Waals surface area contributed by atoms with Gasteiger partial charge >= 0.3 is 0 Å². The van der Waals surface area contributed by atoms with Crippen molar-refractivity contribution in [3.05, 3.63) is 82.5 Å². The number of aryl methyl sites for hydroxylation is 1. The highest BCUT2D eigenvalue weighted by atomic mass is 16.5. The maximum absolute atomic E-state index is 12.5. The predicted octanol–water partition coefficient (Wildman–Crippen LogP) is 4.20. The van der Waals surface area contributed by atoms with Crippen LogP contribution in [0.15, 0.2) is 75.9 Å². The number of amides is 1. The molecule has 0 fully saturated rings. The Balaban J connectivity index is 1.56. The van der Waals surface area contributed by atoms with Gasteiger partial charge in [-0.25, -0.2) is 0 Å². The highest BCUT2D eigenvalue weighted by Crippen LogP contribution is 2.31. The van der Waals surface area contributed by atoms with E-state index in [9.17, 15) is 19.8 Å². The van der Waals surface area contributed by atoms with Gasteiger partial charge in [0, 0.05) is 29.4 Å². The van der Waals surface area contributed by atoms with Gasteiger partial charge in [0.1, 0.15) is 34.0 Å². The quantitative estimate of drug-likeness (QED) is 0.420. The molecule has 31 heavy (non-hydrogen) atoms. The Morgan fingerprint density at radius 3 is 2.55 bits per heavy atom. The molecule has 4 rings (SSSR count). The number of carbonyl (C=O) groups is 1. The summed E-state index contributed by atoms with van der Waals surface area (Å²) in [4.78, 5) is 24.7. The minimum atomic E-state index is -0.423. The highest BCUT2D eigenvalue weighted by Gasteiger charge is 2.14. The van der Waals surface area contributed by atoms with Crippen LogP contribution in [0.3, 0.4) is 0 Å². The van der Waals surface area contributed by atoms with E-state index in [0.29, 0.717) is 17.0 Å². The number of nitrogens with one attached hydrogen (secondary N) is 1. The Morgan fingerprint density at radius 1 is 1.03 bits per heavy atom. The van der Waals surface area contributed by atoms with E-state index >= 15 is 0 Å². The number of fused-ring (bicyclic) bond motifs is 1. The summed E-state index contributed by atoms with van der Waals surface area (Å²) >= 11 is 0. The van der Waals surface area contributed by atoms with Gasteiger partial charge in [0.25, 0.3) is 5.91 Å². The fraction of sp³-hybridized carbons (Fsp3) is 0.0833. The first-order valence-electron chi connectivity index (χ1n) is 9.49. The molecule has 0 unspecified atom stereocenters. The lowest BCUT2D eigenvalue weighted by Gasteiger charge is -2.11. The normalized spacial score (nSPS) is 10.7. The number of phenolic OH excluding ortho intramolecular Hbond substituents is 2.